The van der Waals surface area contributed by atoms with E-state index in [2.05, 4.69) is 13.8 Å². The lowest BCUT2D eigenvalue weighted by Gasteiger charge is -2.45. The van der Waals surface area contributed by atoms with Gasteiger partial charge in [-0.15, -0.1) is 0 Å². The number of phenols is 1. The minimum Gasteiger partial charge on any atom is -0.507 e. The van der Waals surface area contributed by atoms with Gasteiger partial charge in [0.25, 0.3) is 5.91 Å². The van der Waals surface area contributed by atoms with Gasteiger partial charge in [0.1, 0.15) is 11.5 Å². The predicted molar refractivity (Wildman–Crippen MR) is 94.4 cm³/mol. The van der Waals surface area contributed by atoms with E-state index in [-0.39, 0.29) is 23.5 Å². The van der Waals surface area contributed by atoms with Gasteiger partial charge in [0, 0.05) is 23.8 Å². The number of hydrogen-bond acceptors (Lipinski definition) is 4. The Hall–Kier alpha value is -1.88. The quantitative estimate of drug-likeness (QED) is 0.728. The summed E-state index contributed by atoms with van der Waals surface area (Å²) in [5, 5.41) is 21.8. The number of carbonyl (C=O) groups is 2. The molecule has 1 fully saturated rings. The Morgan fingerprint density at radius 2 is 1.96 bits per heavy atom. The zero-order valence-electron chi connectivity index (χ0n) is 14.9. The molecule has 2 aliphatic rings. The number of rotatable bonds is 1. The topological polar surface area (TPSA) is 101 Å². The summed E-state index contributed by atoms with van der Waals surface area (Å²) in [4.78, 5) is 24.0. The van der Waals surface area contributed by atoms with Crippen LogP contribution in [0.2, 0.25) is 0 Å². The normalized spacial score (nSPS) is 32.8. The van der Waals surface area contributed by atoms with Gasteiger partial charge in [-0.3, -0.25) is 9.59 Å². The number of benzene rings is 1. The first-order chi connectivity index (χ1) is 11.8. The van der Waals surface area contributed by atoms with Crippen LogP contribution >= 0.6 is 0 Å². The van der Waals surface area contributed by atoms with E-state index >= 15 is 0 Å². The molecular formula is C20H27NO4. The van der Waals surface area contributed by atoms with Crippen molar-refractivity contribution in [3.8, 4) is 5.75 Å². The molecule has 1 aromatic carbocycles. The maximum Gasteiger partial charge on any atom is 0.252 e. The van der Waals surface area contributed by atoms with Gasteiger partial charge in [0.2, 0.25) is 0 Å². The fourth-order valence-electron chi connectivity index (χ4n) is 4.64. The molecule has 0 aromatic heterocycles. The van der Waals surface area contributed by atoms with Crippen LogP contribution in [0.4, 0.5) is 0 Å². The third-order valence-corrected chi connectivity index (χ3v) is 6.43. The van der Waals surface area contributed by atoms with Crippen molar-refractivity contribution in [1.29, 1.82) is 0 Å². The first-order valence-corrected chi connectivity index (χ1v) is 9.11. The van der Waals surface area contributed by atoms with Crippen LogP contribution in [0.15, 0.2) is 12.1 Å². The molecule has 0 bridgehead atoms. The third-order valence-electron chi connectivity index (χ3n) is 6.43. The lowest BCUT2D eigenvalue weighted by atomic mass is 9.60. The van der Waals surface area contributed by atoms with Gasteiger partial charge in [0.15, 0.2) is 0 Å². The number of ketones is 1. The second kappa shape index (κ2) is 6.45. The number of aromatic hydroxyl groups is 1. The van der Waals surface area contributed by atoms with E-state index in [1.807, 2.05) is 6.07 Å². The Bertz CT molecular complexity index is 714. The lowest BCUT2D eigenvalue weighted by molar-refractivity contribution is -0.126. The Labute approximate surface area is 148 Å². The van der Waals surface area contributed by atoms with Crippen LogP contribution in [0.3, 0.4) is 0 Å². The lowest BCUT2D eigenvalue weighted by Crippen LogP contribution is -2.47. The van der Waals surface area contributed by atoms with E-state index in [1.54, 1.807) is 6.07 Å². The minimum atomic E-state index is -0.825. The highest BCUT2D eigenvalue weighted by Gasteiger charge is 2.48. The van der Waals surface area contributed by atoms with Crippen molar-refractivity contribution in [3.63, 3.8) is 0 Å². The first kappa shape index (κ1) is 17.9. The second-order valence-electron chi connectivity index (χ2n) is 7.98. The molecule has 0 heterocycles. The minimum absolute atomic E-state index is 0.0598. The van der Waals surface area contributed by atoms with Gasteiger partial charge in [0.05, 0.1) is 11.7 Å². The summed E-state index contributed by atoms with van der Waals surface area (Å²) in [5.74, 6) is 0.107. The number of amides is 1. The van der Waals surface area contributed by atoms with E-state index in [1.165, 1.54) is 0 Å². The molecule has 0 saturated heterocycles. The van der Waals surface area contributed by atoms with Crippen molar-refractivity contribution >= 4 is 11.7 Å². The number of aliphatic hydroxyl groups is 1. The number of primary amides is 1. The average molecular weight is 345 g/mol. The number of carbonyl (C=O) groups excluding carboxylic acids is 2. The van der Waals surface area contributed by atoms with Crippen LogP contribution in [-0.2, 0) is 16.6 Å². The summed E-state index contributed by atoms with van der Waals surface area (Å²) in [6.07, 6.45) is 2.48. The Morgan fingerprint density at radius 1 is 1.24 bits per heavy atom. The number of hydrogen-bond donors (Lipinski definition) is 3. The second-order valence-corrected chi connectivity index (χ2v) is 7.98. The predicted octanol–water partition coefficient (Wildman–Crippen LogP) is 2.45. The van der Waals surface area contributed by atoms with Crippen LogP contribution in [-0.4, -0.2) is 28.0 Å². The summed E-state index contributed by atoms with van der Waals surface area (Å²) in [6.45, 7) is 4.37. The van der Waals surface area contributed by atoms with Gasteiger partial charge in [-0.1, -0.05) is 19.9 Å². The number of Topliss-reactive ketones (excluding diaryl/α,β-unsaturated/α-hetero) is 1. The zero-order valence-corrected chi connectivity index (χ0v) is 14.9. The Kier molecular flexibility index (Phi) is 4.62. The maximum absolute atomic E-state index is 12.3. The van der Waals surface area contributed by atoms with Crippen LogP contribution in [0, 0.1) is 11.8 Å². The smallest absolute Gasteiger partial charge is 0.252 e. The average Bonchev–Trinajstić information content (AvgIpc) is 2.54. The van der Waals surface area contributed by atoms with Crippen molar-refractivity contribution in [2.75, 3.05) is 0 Å². The maximum atomic E-state index is 12.3. The van der Waals surface area contributed by atoms with E-state index in [0.717, 1.165) is 18.4 Å². The molecule has 0 aliphatic heterocycles. The van der Waals surface area contributed by atoms with E-state index in [9.17, 15) is 19.8 Å². The van der Waals surface area contributed by atoms with Gasteiger partial charge >= 0.3 is 0 Å². The molecule has 2 unspecified atom stereocenters. The third kappa shape index (κ3) is 2.95. The highest BCUT2D eigenvalue weighted by atomic mass is 16.3. The standard InChI is InChI=1S/C20H27NO4/c1-11-7-8-20(10-14(22)4-6-16(20)23)17-13(9-12(11)2)3-5-15(18(17)24)19(21)25/h3,5,11-12,16,23-24H,4,6-10H2,1-2H3,(H2,21,25)/t11?,12-,16-,20?/m0/s1. The van der Waals surface area contributed by atoms with Crippen LogP contribution in [0.25, 0.3) is 0 Å². The van der Waals surface area contributed by atoms with E-state index in [4.69, 9.17) is 5.73 Å². The van der Waals surface area contributed by atoms with Gasteiger partial charge in [-0.2, -0.15) is 0 Å². The van der Waals surface area contributed by atoms with Crippen molar-refractivity contribution in [2.45, 2.75) is 63.9 Å². The molecular weight excluding hydrogens is 318 g/mol. The summed E-state index contributed by atoms with van der Waals surface area (Å²) in [5.41, 5.74) is 6.14. The molecule has 4 atom stereocenters. The molecule has 1 amide bonds. The largest absolute Gasteiger partial charge is 0.507 e. The number of aliphatic hydroxyl groups excluding tert-OH is 1. The number of nitrogens with two attached hydrogens (primary N) is 1. The molecule has 3 rings (SSSR count). The first-order valence-electron chi connectivity index (χ1n) is 9.11. The molecule has 2 aliphatic carbocycles. The molecule has 136 valence electrons. The molecule has 1 spiro atoms. The van der Waals surface area contributed by atoms with Crippen LogP contribution < -0.4 is 5.73 Å². The Morgan fingerprint density at radius 3 is 2.64 bits per heavy atom. The van der Waals surface area contributed by atoms with Crippen LogP contribution in [0.1, 0.15) is 67.4 Å². The van der Waals surface area contributed by atoms with Crippen molar-refractivity contribution in [1.82, 2.24) is 0 Å². The molecule has 5 heteroatoms. The van der Waals surface area contributed by atoms with Crippen molar-refractivity contribution < 1.29 is 19.8 Å². The monoisotopic (exact) mass is 345 g/mol. The Balaban J connectivity index is 2.26. The summed E-state index contributed by atoms with van der Waals surface area (Å²) >= 11 is 0. The molecule has 1 aromatic rings. The van der Waals surface area contributed by atoms with E-state index < -0.39 is 17.4 Å². The molecule has 0 radical (unpaired) electrons. The zero-order chi connectivity index (χ0) is 18.4. The van der Waals surface area contributed by atoms with Gasteiger partial charge < -0.3 is 15.9 Å². The molecule has 4 N–H and O–H groups in total. The van der Waals surface area contributed by atoms with Crippen molar-refractivity contribution in [3.05, 3.63) is 28.8 Å². The summed E-state index contributed by atoms with van der Waals surface area (Å²) in [7, 11) is 0. The fourth-order valence-corrected chi connectivity index (χ4v) is 4.64. The van der Waals surface area contributed by atoms with Gasteiger partial charge in [-0.25, -0.2) is 0 Å². The van der Waals surface area contributed by atoms with Crippen LogP contribution in [0.5, 0.6) is 5.75 Å². The van der Waals surface area contributed by atoms with Gasteiger partial charge in [-0.05, 0) is 49.1 Å². The molecule has 25 heavy (non-hydrogen) atoms. The molecule has 5 nitrogen and oxygen atoms in total. The SMILES string of the molecule is CC1CCC2(CC(=O)CC[C@@H]2O)c2c(ccc(C(N)=O)c2O)C[C@@H]1C. The number of fused-ring (bicyclic) bond motifs is 2. The summed E-state index contributed by atoms with van der Waals surface area (Å²) < 4.78 is 0. The fraction of sp³-hybridized carbons (Fsp3) is 0.600. The van der Waals surface area contributed by atoms with E-state index in [0.29, 0.717) is 36.7 Å². The highest BCUT2D eigenvalue weighted by molar-refractivity contribution is 5.96. The highest BCUT2D eigenvalue weighted by Crippen LogP contribution is 2.50. The molecule has 1 saturated carbocycles. The van der Waals surface area contributed by atoms with Crippen molar-refractivity contribution in [2.24, 2.45) is 17.6 Å². The summed E-state index contributed by atoms with van der Waals surface area (Å²) in [6, 6.07) is 3.39.